The molecule has 10 nitrogen and oxygen atoms in total. The Morgan fingerprint density at radius 3 is 2.44 bits per heavy atom. The number of hydrogen-bond acceptors (Lipinski definition) is 6. The van der Waals surface area contributed by atoms with Crippen molar-refractivity contribution in [2.75, 3.05) is 38.5 Å². The highest BCUT2D eigenvalue weighted by atomic mass is 127. The van der Waals surface area contributed by atoms with Crippen molar-refractivity contribution < 1.29 is 9.18 Å². The maximum absolute atomic E-state index is 14.7. The fourth-order valence-electron chi connectivity index (χ4n) is 4.81. The Morgan fingerprint density at radius 1 is 1.03 bits per heavy atom. The Morgan fingerprint density at radius 2 is 1.74 bits per heavy atom. The molecule has 0 unspecified atom stereocenters. The number of carbonyl (C=O) groups excluding carboxylic acids is 1. The van der Waals surface area contributed by atoms with Crippen LogP contribution in [0.1, 0.15) is 15.9 Å². The molecule has 2 aromatic heterocycles. The van der Waals surface area contributed by atoms with Crippen LogP contribution in [0.15, 0.2) is 56.8 Å². The number of aryl methyl sites for hydroxylation is 1. The van der Waals surface area contributed by atoms with E-state index in [1.165, 1.54) is 35.2 Å². The summed E-state index contributed by atoms with van der Waals surface area (Å²) in [7, 11) is 3.46. The third-order valence-electron chi connectivity index (χ3n) is 6.99. The minimum Gasteiger partial charge on any atom is -0.338 e. The van der Waals surface area contributed by atoms with Gasteiger partial charge < -0.3 is 15.1 Å². The molecule has 4 aromatic rings. The second kappa shape index (κ2) is 10.4. The van der Waals surface area contributed by atoms with Gasteiger partial charge in [-0.1, -0.05) is 6.07 Å². The van der Waals surface area contributed by atoms with E-state index in [0.717, 1.165) is 13.1 Å². The number of nitrogens with one attached hydrogen (secondary N) is 2. The van der Waals surface area contributed by atoms with Crippen molar-refractivity contribution in [3.63, 3.8) is 0 Å². The first kappa shape index (κ1) is 26.8. The smallest absolute Gasteiger partial charge is 0.333 e. The van der Waals surface area contributed by atoms with E-state index in [9.17, 15) is 23.6 Å². The van der Waals surface area contributed by atoms with Crippen LogP contribution in [-0.4, -0.2) is 63.1 Å². The quantitative estimate of drug-likeness (QED) is 0.331. The molecule has 0 aliphatic carbocycles. The Hall–Kier alpha value is -3.78. The van der Waals surface area contributed by atoms with E-state index in [0.29, 0.717) is 27.9 Å². The summed E-state index contributed by atoms with van der Waals surface area (Å²) in [6, 6.07) is 11.0. The molecule has 202 valence electrons. The molecule has 0 bridgehead atoms. The van der Waals surface area contributed by atoms with Crippen LogP contribution in [-0.2, 0) is 7.05 Å². The molecular formula is C27H26FIN6O4. The molecule has 1 aliphatic rings. The van der Waals surface area contributed by atoms with Crippen molar-refractivity contribution in [2.45, 2.75) is 6.92 Å². The average Bonchev–Trinajstić information content (AvgIpc) is 2.91. The summed E-state index contributed by atoms with van der Waals surface area (Å²) in [5.74, 6) is -0.709. The number of halogens is 2. The van der Waals surface area contributed by atoms with Crippen molar-refractivity contribution >= 4 is 50.9 Å². The molecule has 12 heteroatoms. The zero-order valence-electron chi connectivity index (χ0n) is 21.5. The SMILES string of the molecule is Cc1c(=O)n(C)c(Nc2ccc(I)cc2F)c2c(=O)[nH]c(=O)n(-c3cccc(C(=O)N4CCN(C)CC4)c3)c12. The number of piperazine rings is 1. The van der Waals surface area contributed by atoms with Crippen molar-refractivity contribution in [1.82, 2.24) is 23.9 Å². The molecular weight excluding hydrogens is 618 g/mol. The highest BCUT2D eigenvalue weighted by Gasteiger charge is 2.23. The molecule has 0 atom stereocenters. The first-order chi connectivity index (χ1) is 18.6. The van der Waals surface area contributed by atoms with E-state index in [4.69, 9.17) is 0 Å². The summed E-state index contributed by atoms with van der Waals surface area (Å²) in [4.78, 5) is 59.1. The highest BCUT2D eigenvalue weighted by Crippen LogP contribution is 2.27. The molecule has 1 saturated heterocycles. The average molecular weight is 644 g/mol. The van der Waals surface area contributed by atoms with Crippen LogP contribution >= 0.6 is 22.6 Å². The van der Waals surface area contributed by atoms with Gasteiger partial charge in [-0.3, -0.25) is 28.5 Å². The third kappa shape index (κ3) is 4.89. The van der Waals surface area contributed by atoms with Crippen molar-refractivity contribution in [3.05, 3.63) is 94.2 Å². The second-order valence-electron chi connectivity index (χ2n) is 9.55. The number of likely N-dealkylation sites (N-methyl/N-ethyl adjacent to an activating group) is 1. The summed E-state index contributed by atoms with van der Waals surface area (Å²) in [6.45, 7) is 4.21. The predicted molar refractivity (Wildman–Crippen MR) is 156 cm³/mol. The number of H-pyrrole nitrogens is 1. The third-order valence-corrected chi connectivity index (χ3v) is 7.66. The fraction of sp³-hybridized carbons (Fsp3) is 0.259. The van der Waals surface area contributed by atoms with Crippen molar-refractivity contribution in [2.24, 2.45) is 7.05 Å². The zero-order valence-corrected chi connectivity index (χ0v) is 23.7. The molecule has 5 rings (SSSR count). The largest absolute Gasteiger partial charge is 0.338 e. The van der Waals surface area contributed by atoms with Gasteiger partial charge in [0.2, 0.25) is 0 Å². The summed E-state index contributed by atoms with van der Waals surface area (Å²) in [5, 5.41) is 2.88. The monoisotopic (exact) mass is 644 g/mol. The first-order valence-electron chi connectivity index (χ1n) is 12.3. The van der Waals surface area contributed by atoms with Crippen LogP contribution < -0.4 is 22.1 Å². The van der Waals surface area contributed by atoms with Gasteiger partial charge in [0, 0.05) is 47.9 Å². The van der Waals surface area contributed by atoms with Gasteiger partial charge in [-0.15, -0.1) is 0 Å². The molecule has 1 fully saturated rings. The number of aromatic amines is 1. The summed E-state index contributed by atoms with van der Waals surface area (Å²) in [5.41, 5.74) is -0.994. The van der Waals surface area contributed by atoms with Gasteiger partial charge >= 0.3 is 5.69 Å². The number of anilines is 2. The topological polar surface area (TPSA) is 112 Å². The Bertz CT molecular complexity index is 1800. The Balaban J connectivity index is 1.71. The van der Waals surface area contributed by atoms with E-state index in [-0.39, 0.29) is 33.9 Å². The Kier molecular flexibility index (Phi) is 7.16. The molecule has 1 aliphatic heterocycles. The number of hydrogen-bond donors (Lipinski definition) is 2. The van der Waals surface area contributed by atoms with E-state index in [1.54, 1.807) is 35.2 Å². The molecule has 1 amide bonds. The van der Waals surface area contributed by atoms with E-state index in [1.807, 2.05) is 29.6 Å². The number of carbonyl (C=O) groups is 1. The zero-order chi connectivity index (χ0) is 28.0. The predicted octanol–water partition coefficient (Wildman–Crippen LogP) is 2.56. The Labute approximate surface area is 235 Å². The standard InChI is InChI=1S/C27H26FIN6O4/c1-15-22-21(23(33(3)25(15)37)30-20-8-7-17(29)14-19(20)28)24(36)31-27(39)35(22)18-6-4-5-16(13-18)26(38)34-11-9-32(2)10-12-34/h4-8,13-14,30H,9-12H2,1-3H3,(H,31,36,39). The van der Waals surface area contributed by atoms with E-state index < -0.39 is 22.6 Å². The summed E-state index contributed by atoms with van der Waals surface area (Å²) >= 11 is 1.98. The summed E-state index contributed by atoms with van der Waals surface area (Å²) in [6.07, 6.45) is 0. The van der Waals surface area contributed by atoms with Crippen molar-refractivity contribution in [3.8, 4) is 5.69 Å². The molecule has 2 aromatic carbocycles. The number of amides is 1. The van der Waals surface area contributed by atoms with E-state index >= 15 is 0 Å². The molecule has 2 N–H and O–H groups in total. The van der Waals surface area contributed by atoms with Crippen LogP contribution in [0.3, 0.4) is 0 Å². The van der Waals surface area contributed by atoms with Gasteiger partial charge in [0.15, 0.2) is 0 Å². The molecule has 39 heavy (non-hydrogen) atoms. The van der Waals surface area contributed by atoms with E-state index in [2.05, 4.69) is 15.2 Å². The molecule has 3 heterocycles. The van der Waals surface area contributed by atoms with Gasteiger partial charge in [0.1, 0.15) is 17.0 Å². The minimum atomic E-state index is -0.764. The lowest BCUT2D eigenvalue weighted by Crippen LogP contribution is -2.47. The molecule has 0 spiro atoms. The van der Waals surface area contributed by atoms with Gasteiger partial charge in [-0.2, -0.15) is 0 Å². The number of aromatic nitrogens is 3. The van der Waals surface area contributed by atoms with Gasteiger partial charge in [-0.25, -0.2) is 9.18 Å². The lowest BCUT2D eigenvalue weighted by molar-refractivity contribution is 0.0664. The number of benzene rings is 2. The number of fused-ring (bicyclic) bond motifs is 1. The maximum Gasteiger partial charge on any atom is 0.333 e. The number of pyridine rings is 1. The maximum atomic E-state index is 14.7. The van der Waals surface area contributed by atoms with Crippen LogP contribution in [0.25, 0.3) is 16.6 Å². The van der Waals surface area contributed by atoms with Crippen LogP contribution in [0.4, 0.5) is 15.9 Å². The lowest BCUT2D eigenvalue weighted by Gasteiger charge is -2.32. The second-order valence-corrected chi connectivity index (χ2v) is 10.8. The van der Waals surface area contributed by atoms with Crippen LogP contribution in [0.5, 0.6) is 0 Å². The molecule has 0 radical (unpaired) electrons. The van der Waals surface area contributed by atoms with Gasteiger partial charge in [0.05, 0.1) is 16.9 Å². The van der Waals surface area contributed by atoms with Crippen LogP contribution in [0, 0.1) is 16.3 Å². The van der Waals surface area contributed by atoms with Crippen molar-refractivity contribution in [1.29, 1.82) is 0 Å². The van der Waals surface area contributed by atoms with Gasteiger partial charge in [-0.05, 0) is 73.0 Å². The number of rotatable bonds is 4. The first-order valence-corrected chi connectivity index (χ1v) is 13.3. The summed E-state index contributed by atoms with van der Waals surface area (Å²) < 4.78 is 17.8. The number of nitrogens with zero attached hydrogens (tertiary/aromatic N) is 4. The fourth-order valence-corrected chi connectivity index (χ4v) is 5.27. The van der Waals surface area contributed by atoms with Gasteiger partial charge in [0.25, 0.3) is 17.0 Å². The van der Waals surface area contributed by atoms with Crippen LogP contribution in [0.2, 0.25) is 0 Å². The normalized spacial score (nSPS) is 14.1. The lowest BCUT2D eigenvalue weighted by atomic mass is 10.1. The highest BCUT2D eigenvalue weighted by molar-refractivity contribution is 14.1. The molecule has 0 saturated carbocycles. The minimum absolute atomic E-state index is 0.00273.